The van der Waals surface area contributed by atoms with Crippen LogP contribution in [-0.2, 0) is 5.60 Å². The fourth-order valence-electron chi connectivity index (χ4n) is 2.29. The van der Waals surface area contributed by atoms with E-state index in [9.17, 15) is 53.4 Å². The Bertz CT molecular complexity index is 762. The molecule has 0 fully saturated rings. The quantitative estimate of drug-likeness (QED) is 0.628. The van der Waals surface area contributed by atoms with Crippen molar-refractivity contribution in [3.8, 4) is 6.07 Å². The van der Waals surface area contributed by atoms with E-state index in [0.717, 1.165) is 18.2 Å². The van der Waals surface area contributed by atoms with Crippen LogP contribution in [0.1, 0.15) is 24.5 Å². The number of nitriles is 1. The lowest BCUT2D eigenvalue weighted by atomic mass is 9.83. The second-order valence-corrected chi connectivity index (χ2v) is 6.03. The zero-order valence-electron chi connectivity index (χ0n) is 13.6. The first-order valence-electron chi connectivity index (χ1n) is 7.06. The van der Waals surface area contributed by atoms with Gasteiger partial charge in [0.2, 0.25) is 0 Å². The van der Waals surface area contributed by atoms with E-state index < -0.39 is 53.0 Å². The highest BCUT2D eigenvalue weighted by Gasteiger charge is 2.87. The molecular weight excluding hydrogens is 419 g/mol. The minimum absolute atomic E-state index is 0.382. The maximum atomic E-state index is 13.9. The molecule has 1 rings (SSSR count). The molecule has 0 spiro atoms. The van der Waals surface area contributed by atoms with Crippen molar-refractivity contribution in [2.45, 2.75) is 48.8 Å². The molecule has 0 aromatic heterocycles. The molecule has 0 heterocycles. The summed E-state index contributed by atoms with van der Waals surface area (Å²) in [5, 5.41) is 18.8. The Morgan fingerprint density at radius 3 is 1.71 bits per heavy atom. The van der Waals surface area contributed by atoms with Crippen molar-refractivity contribution >= 4 is 0 Å². The van der Waals surface area contributed by atoms with E-state index in [2.05, 4.69) is 0 Å². The van der Waals surface area contributed by atoms with Crippen LogP contribution in [0, 0.1) is 11.3 Å². The van der Waals surface area contributed by atoms with Crippen LogP contribution in [0.2, 0.25) is 0 Å². The predicted molar refractivity (Wildman–Crippen MR) is 71.2 cm³/mol. The van der Waals surface area contributed by atoms with Crippen LogP contribution in [0.5, 0.6) is 0 Å². The van der Waals surface area contributed by atoms with E-state index in [0.29, 0.717) is 6.92 Å². The third kappa shape index (κ3) is 3.61. The molecule has 1 N–H and O–H groups in total. The van der Waals surface area contributed by atoms with Crippen LogP contribution in [-0.4, -0.2) is 35.0 Å². The minimum atomic E-state index is -7.55. The zero-order valence-corrected chi connectivity index (χ0v) is 13.6. The molecule has 1 aromatic carbocycles. The Morgan fingerprint density at radius 1 is 0.821 bits per heavy atom. The predicted octanol–water partition coefficient (Wildman–Crippen LogP) is 5.26. The van der Waals surface area contributed by atoms with Gasteiger partial charge < -0.3 is 5.11 Å². The number of aliphatic hydroxyl groups is 1. The van der Waals surface area contributed by atoms with E-state index in [1.165, 1.54) is 12.1 Å². The molecule has 0 aliphatic heterocycles. The fourth-order valence-corrected chi connectivity index (χ4v) is 2.29. The topological polar surface area (TPSA) is 44.0 Å². The molecule has 2 nitrogen and oxygen atoms in total. The molecule has 0 aliphatic carbocycles. The van der Waals surface area contributed by atoms with Gasteiger partial charge in [0.1, 0.15) is 0 Å². The molecule has 158 valence electrons. The molecular formula is C15H10F11NO. The summed E-state index contributed by atoms with van der Waals surface area (Å²) in [4.78, 5) is 0. The van der Waals surface area contributed by atoms with Gasteiger partial charge in [-0.2, -0.15) is 53.6 Å². The molecule has 28 heavy (non-hydrogen) atoms. The summed E-state index contributed by atoms with van der Waals surface area (Å²) < 4.78 is 143. The van der Waals surface area contributed by atoms with E-state index in [1.54, 1.807) is 0 Å². The van der Waals surface area contributed by atoms with Crippen LogP contribution in [0.3, 0.4) is 0 Å². The number of hydrogen-bond acceptors (Lipinski definition) is 2. The Balaban J connectivity index is 3.43. The number of hydrogen-bond donors (Lipinski definition) is 1. The molecule has 0 bridgehead atoms. The summed E-state index contributed by atoms with van der Waals surface area (Å²) >= 11 is 0. The second kappa shape index (κ2) is 6.75. The molecule has 1 atom stereocenters. The van der Waals surface area contributed by atoms with Crippen LogP contribution < -0.4 is 0 Å². The van der Waals surface area contributed by atoms with Crippen LogP contribution in [0.25, 0.3) is 0 Å². The van der Waals surface area contributed by atoms with Gasteiger partial charge in [-0.1, -0.05) is 18.2 Å². The summed E-state index contributed by atoms with van der Waals surface area (Å²) in [7, 11) is 0. The average Bonchev–Trinajstić information content (AvgIpc) is 2.52. The Morgan fingerprint density at radius 2 is 1.29 bits per heavy atom. The SMILES string of the molecule is CC(O)(CC(F)(F)C(F)(F)C(F)(F)C(F)(F)C(F)(F)F)c1ccccc1C#N. The van der Waals surface area contributed by atoms with Gasteiger partial charge >= 0.3 is 29.9 Å². The van der Waals surface area contributed by atoms with E-state index >= 15 is 0 Å². The van der Waals surface area contributed by atoms with E-state index in [4.69, 9.17) is 5.26 Å². The van der Waals surface area contributed by atoms with Crippen LogP contribution in [0.4, 0.5) is 48.3 Å². The van der Waals surface area contributed by atoms with Gasteiger partial charge in [-0.3, -0.25) is 0 Å². The first-order valence-corrected chi connectivity index (χ1v) is 7.06. The number of nitrogens with zero attached hydrogens (tertiary/aromatic N) is 1. The summed E-state index contributed by atoms with van der Waals surface area (Å²) in [6.07, 6.45) is -9.94. The first-order chi connectivity index (χ1) is 12.3. The molecule has 0 amide bonds. The van der Waals surface area contributed by atoms with Crippen molar-refractivity contribution < 1.29 is 53.4 Å². The summed E-state index contributed by atoms with van der Waals surface area (Å²) in [6.45, 7) is 0.382. The molecule has 1 aromatic rings. The summed E-state index contributed by atoms with van der Waals surface area (Å²) in [5.41, 5.74) is -4.46. The zero-order chi connectivity index (χ0) is 22.4. The van der Waals surface area contributed by atoms with Gasteiger partial charge in [0.05, 0.1) is 23.7 Å². The van der Waals surface area contributed by atoms with Crippen molar-refractivity contribution in [2.24, 2.45) is 0 Å². The Labute approximate surface area is 150 Å². The molecule has 13 heteroatoms. The number of rotatable bonds is 6. The summed E-state index contributed by atoms with van der Waals surface area (Å²) in [5.74, 6) is -28.5. The van der Waals surface area contributed by atoms with Crippen molar-refractivity contribution in [1.29, 1.82) is 5.26 Å². The number of benzene rings is 1. The van der Waals surface area contributed by atoms with Crippen molar-refractivity contribution in [2.75, 3.05) is 0 Å². The van der Waals surface area contributed by atoms with Crippen molar-refractivity contribution in [3.63, 3.8) is 0 Å². The van der Waals surface area contributed by atoms with Gasteiger partial charge in [0, 0.05) is 5.56 Å². The second-order valence-electron chi connectivity index (χ2n) is 6.03. The lowest BCUT2D eigenvalue weighted by molar-refractivity contribution is -0.424. The molecule has 1 unspecified atom stereocenters. The number of alkyl halides is 11. The maximum absolute atomic E-state index is 13.9. The third-order valence-electron chi connectivity index (χ3n) is 3.80. The minimum Gasteiger partial charge on any atom is -0.385 e. The lowest BCUT2D eigenvalue weighted by Crippen LogP contribution is -2.67. The average molecular weight is 429 g/mol. The highest BCUT2D eigenvalue weighted by atomic mass is 19.4. The lowest BCUT2D eigenvalue weighted by Gasteiger charge is -2.39. The largest absolute Gasteiger partial charge is 0.460 e. The van der Waals surface area contributed by atoms with Gasteiger partial charge in [0.25, 0.3) is 0 Å². The molecule has 0 aliphatic rings. The van der Waals surface area contributed by atoms with E-state index in [1.807, 2.05) is 0 Å². The molecule has 0 saturated heterocycles. The molecule has 0 radical (unpaired) electrons. The third-order valence-corrected chi connectivity index (χ3v) is 3.80. The first kappa shape index (κ1) is 23.9. The van der Waals surface area contributed by atoms with Crippen molar-refractivity contribution in [1.82, 2.24) is 0 Å². The summed E-state index contributed by atoms with van der Waals surface area (Å²) in [6, 6.07) is 5.33. The number of halogens is 11. The molecule has 0 saturated carbocycles. The Hall–Kier alpha value is -2.10. The van der Waals surface area contributed by atoms with Crippen molar-refractivity contribution in [3.05, 3.63) is 35.4 Å². The normalized spacial score (nSPS) is 16.4. The smallest absolute Gasteiger partial charge is 0.385 e. The van der Waals surface area contributed by atoms with Gasteiger partial charge in [-0.15, -0.1) is 0 Å². The van der Waals surface area contributed by atoms with Crippen LogP contribution in [0.15, 0.2) is 24.3 Å². The van der Waals surface area contributed by atoms with Gasteiger partial charge in [-0.25, -0.2) is 0 Å². The highest BCUT2D eigenvalue weighted by molar-refractivity contribution is 5.41. The van der Waals surface area contributed by atoms with E-state index in [-0.39, 0.29) is 0 Å². The Kier molecular flexibility index (Phi) is 5.77. The van der Waals surface area contributed by atoms with Crippen LogP contribution >= 0.6 is 0 Å². The highest BCUT2D eigenvalue weighted by Crippen LogP contribution is 2.59. The maximum Gasteiger partial charge on any atom is 0.460 e. The fraction of sp³-hybridized carbons (Fsp3) is 0.533. The monoisotopic (exact) mass is 429 g/mol. The van der Waals surface area contributed by atoms with Gasteiger partial charge in [-0.05, 0) is 13.0 Å². The van der Waals surface area contributed by atoms with Gasteiger partial charge in [0.15, 0.2) is 0 Å². The standard InChI is InChI=1S/C15H10F11NO/c1-10(28,9-5-3-2-4-8(9)6-27)7-11(16,17)12(18,19)13(20,21)14(22,23)15(24,25)26/h2-5,28H,7H2,1H3.